The normalized spacial score (nSPS) is 19.0. The van der Waals surface area contributed by atoms with Gasteiger partial charge in [-0.05, 0) is 55.0 Å². The lowest BCUT2D eigenvalue weighted by molar-refractivity contribution is -0.385. The van der Waals surface area contributed by atoms with Crippen molar-refractivity contribution < 1.29 is 24.0 Å². The van der Waals surface area contributed by atoms with Gasteiger partial charge in [0, 0.05) is 16.8 Å². The molecule has 0 bridgehead atoms. The number of benzene rings is 3. The molecule has 0 saturated carbocycles. The predicted octanol–water partition coefficient (Wildman–Crippen LogP) is 4.40. The molecule has 9 nitrogen and oxygen atoms in total. The lowest BCUT2D eigenvalue weighted by Gasteiger charge is -2.49. The molecular weight excluding hydrogens is 474 g/mol. The number of carbonyl (C=O) groups excluding carboxylic acids is 3. The maximum Gasteiger partial charge on any atom is 0.282 e. The summed E-state index contributed by atoms with van der Waals surface area (Å²) in [6.07, 6.45) is 0. The van der Waals surface area contributed by atoms with Crippen molar-refractivity contribution in [2.24, 2.45) is 0 Å². The van der Waals surface area contributed by atoms with Crippen molar-refractivity contribution in [1.29, 1.82) is 0 Å². The third-order valence-corrected chi connectivity index (χ3v) is 6.36. The van der Waals surface area contributed by atoms with Gasteiger partial charge in [-0.25, -0.2) is 0 Å². The Bertz CT molecular complexity index is 1370. The van der Waals surface area contributed by atoms with E-state index in [9.17, 15) is 24.5 Å². The number of hydrogen-bond donors (Lipinski definition) is 0. The SMILES string of the molecule is CCOc1ccc([C@H]2[C@@H](N3C(=O)c4cccc([N+](=O)[O-])c4C3=O)C(=O)N2c2ccc(Cl)cc2)cc1. The van der Waals surface area contributed by atoms with E-state index in [1.165, 1.54) is 23.1 Å². The molecule has 1 fully saturated rings. The number of nitrogens with zero attached hydrogens (tertiary/aromatic N) is 3. The van der Waals surface area contributed by atoms with E-state index in [-0.39, 0.29) is 11.1 Å². The summed E-state index contributed by atoms with van der Waals surface area (Å²) in [5, 5.41) is 12.0. The number of fused-ring (bicyclic) bond motifs is 1. The fraction of sp³-hybridized carbons (Fsp3) is 0.160. The van der Waals surface area contributed by atoms with Crippen molar-refractivity contribution in [3.63, 3.8) is 0 Å². The van der Waals surface area contributed by atoms with Crippen molar-refractivity contribution in [3.8, 4) is 5.75 Å². The van der Waals surface area contributed by atoms with Crippen molar-refractivity contribution >= 4 is 40.7 Å². The highest BCUT2D eigenvalue weighted by Gasteiger charge is 2.58. The van der Waals surface area contributed by atoms with E-state index in [0.29, 0.717) is 28.6 Å². The van der Waals surface area contributed by atoms with Crippen LogP contribution in [0, 0.1) is 10.1 Å². The van der Waals surface area contributed by atoms with Crippen LogP contribution >= 0.6 is 11.6 Å². The zero-order valence-corrected chi connectivity index (χ0v) is 19.1. The molecule has 2 aliphatic rings. The highest BCUT2D eigenvalue weighted by atomic mass is 35.5. The van der Waals surface area contributed by atoms with Crippen LogP contribution in [0.25, 0.3) is 0 Å². The topological polar surface area (TPSA) is 110 Å². The number of hydrogen-bond acceptors (Lipinski definition) is 6. The Kier molecular flexibility index (Phi) is 5.49. The first kappa shape index (κ1) is 22.5. The number of rotatable bonds is 6. The Morgan fingerprint density at radius 2 is 1.60 bits per heavy atom. The smallest absolute Gasteiger partial charge is 0.282 e. The molecule has 2 atom stereocenters. The summed E-state index contributed by atoms with van der Waals surface area (Å²) < 4.78 is 5.50. The summed E-state index contributed by atoms with van der Waals surface area (Å²) in [6.45, 7) is 2.34. The third-order valence-electron chi connectivity index (χ3n) is 6.10. The molecule has 3 aromatic rings. The number of halogens is 1. The minimum Gasteiger partial charge on any atom is -0.494 e. The van der Waals surface area contributed by atoms with E-state index < -0.39 is 40.4 Å². The Balaban J connectivity index is 1.58. The maximum atomic E-state index is 13.4. The van der Waals surface area contributed by atoms with E-state index >= 15 is 0 Å². The third kappa shape index (κ3) is 3.52. The largest absolute Gasteiger partial charge is 0.494 e. The van der Waals surface area contributed by atoms with Gasteiger partial charge in [0.1, 0.15) is 17.4 Å². The number of anilines is 1. The van der Waals surface area contributed by atoms with E-state index in [2.05, 4.69) is 0 Å². The van der Waals surface area contributed by atoms with E-state index in [1.807, 2.05) is 6.92 Å². The van der Waals surface area contributed by atoms with Crippen LogP contribution in [-0.4, -0.2) is 40.2 Å². The molecule has 35 heavy (non-hydrogen) atoms. The van der Waals surface area contributed by atoms with Gasteiger partial charge < -0.3 is 9.64 Å². The number of imide groups is 1. The number of carbonyl (C=O) groups is 3. The molecule has 0 N–H and O–H groups in total. The summed E-state index contributed by atoms with van der Waals surface area (Å²) in [5.41, 5.74) is 0.344. The standard InChI is InChI=1S/C25H18ClN3O6/c1-2-35-17-12-6-14(7-13-17)21-22(25(32)27(21)16-10-8-15(26)9-11-16)28-23(30)18-4-3-5-19(29(33)34)20(18)24(28)31/h3-13,21-22H,2H2,1H3/t21-,22+/m0/s1. The zero-order chi connectivity index (χ0) is 24.9. The number of nitro groups is 1. The molecule has 3 amide bonds. The van der Waals surface area contributed by atoms with Crippen LogP contribution in [0.2, 0.25) is 5.02 Å². The monoisotopic (exact) mass is 491 g/mol. The number of β-lactam (4-membered cyclic amide) rings is 1. The quantitative estimate of drug-likeness (QED) is 0.219. The van der Waals surface area contributed by atoms with E-state index in [0.717, 1.165) is 4.90 Å². The van der Waals surface area contributed by atoms with E-state index in [4.69, 9.17) is 16.3 Å². The van der Waals surface area contributed by atoms with Gasteiger partial charge in [0.2, 0.25) is 0 Å². The molecule has 2 heterocycles. The van der Waals surface area contributed by atoms with Gasteiger partial charge in [-0.3, -0.25) is 29.4 Å². The summed E-state index contributed by atoms with van der Waals surface area (Å²) >= 11 is 6.01. The molecule has 0 unspecified atom stereocenters. The highest BCUT2D eigenvalue weighted by molar-refractivity contribution is 6.30. The van der Waals surface area contributed by atoms with Gasteiger partial charge in [0.25, 0.3) is 23.4 Å². The van der Waals surface area contributed by atoms with Crippen LogP contribution in [0.5, 0.6) is 5.75 Å². The van der Waals surface area contributed by atoms with Crippen molar-refractivity contribution in [3.05, 3.63) is 98.6 Å². The summed E-state index contributed by atoms with van der Waals surface area (Å²) in [6, 6.07) is 15.6. The second-order valence-electron chi connectivity index (χ2n) is 8.01. The number of ether oxygens (including phenoxy) is 1. The lowest BCUT2D eigenvalue weighted by Crippen LogP contribution is -2.67. The Morgan fingerprint density at radius 3 is 2.23 bits per heavy atom. The summed E-state index contributed by atoms with van der Waals surface area (Å²) in [4.78, 5) is 53.1. The molecule has 10 heteroatoms. The minimum absolute atomic E-state index is 0.0904. The van der Waals surface area contributed by atoms with Gasteiger partial charge in [-0.2, -0.15) is 0 Å². The van der Waals surface area contributed by atoms with Crippen LogP contribution in [0.4, 0.5) is 11.4 Å². The second kappa shape index (κ2) is 8.52. The average Bonchev–Trinajstić information content (AvgIpc) is 3.10. The first-order valence-electron chi connectivity index (χ1n) is 10.8. The fourth-order valence-electron chi connectivity index (χ4n) is 4.56. The van der Waals surface area contributed by atoms with Crippen LogP contribution in [0.15, 0.2) is 66.7 Å². The van der Waals surface area contributed by atoms with Crippen LogP contribution in [-0.2, 0) is 4.79 Å². The molecule has 5 rings (SSSR count). The van der Waals surface area contributed by atoms with Crippen LogP contribution in [0.1, 0.15) is 39.2 Å². The van der Waals surface area contributed by atoms with Gasteiger partial charge in [0.05, 0.1) is 23.1 Å². The van der Waals surface area contributed by atoms with Crippen molar-refractivity contribution in [1.82, 2.24) is 4.90 Å². The molecule has 176 valence electrons. The molecule has 3 aromatic carbocycles. The summed E-state index contributed by atoms with van der Waals surface area (Å²) in [5.74, 6) is -1.45. The molecule has 1 saturated heterocycles. The average molecular weight is 492 g/mol. The molecule has 0 radical (unpaired) electrons. The van der Waals surface area contributed by atoms with E-state index in [1.54, 1.807) is 48.5 Å². The Morgan fingerprint density at radius 1 is 0.914 bits per heavy atom. The first-order valence-corrected chi connectivity index (χ1v) is 11.2. The summed E-state index contributed by atoms with van der Waals surface area (Å²) in [7, 11) is 0. The maximum absolute atomic E-state index is 13.4. The van der Waals surface area contributed by atoms with Gasteiger partial charge >= 0.3 is 0 Å². The molecule has 0 aliphatic carbocycles. The highest BCUT2D eigenvalue weighted by Crippen LogP contribution is 2.45. The zero-order valence-electron chi connectivity index (χ0n) is 18.4. The van der Waals surface area contributed by atoms with Gasteiger partial charge in [0.15, 0.2) is 0 Å². The van der Waals surface area contributed by atoms with Gasteiger partial charge in [-0.1, -0.05) is 29.8 Å². The van der Waals surface area contributed by atoms with Crippen LogP contribution < -0.4 is 9.64 Å². The molecule has 2 aliphatic heterocycles. The van der Waals surface area contributed by atoms with Crippen molar-refractivity contribution in [2.45, 2.75) is 19.0 Å². The lowest BCUT2D eigenvalue weighted by atomic mass is 9.86. The van der Waals surface area contributed by atoms with Crippen LogP contribution in [0.3, 0.4) is 0 Å². The number of nitro benzene ring substituents is 1. The molecule has 0 spiro atoms. The second-order valence-corrected chi connectivity index (χ2v) is 8.45. The first-order chi connectivity index (χ1) is 16.8. The van der Waals surface area contributed by atoms with Crippen molar-refractivity contribution in [2.75, 3.05) is 11.5 Å². The Hall–Kier alpha value is -4.24. The predicted molar refractivity (Wildman–Crippen MR) is 127 cm³/mol. The number of amides is 3. The fourth-order valence-corrected chi connectivity index (χ4v) is 4.69. The molecule has 0 aromatic heterocycles. The molecular formula is C25H18ClN3O6. The Labute approximate surface area is 204 Å². The minimum atomic E-state index is -1.17. The van der Waals surface area contributed by atoms with Gasteiger partial charge in [-0.15, -0.1) is 0 Å².